The molecule has 0 saturated carbocycles. The van der Waals surface area contributed by atoms with Crippen LogP contribution in [0.3, 0.4) is 0 Å². The van der Waals surface area contributed by atoms with E-state index in [4.69, 9.17) is 5.11 Å². The fourth-order valence-electron chi connectivity index (χ4n) is 3.09. The van der Waals surface area contributed by atoms with Gasteiger partial charge in [0, 0.05) is 18.7 Å². The maximum absolute atomic E-state index is 12.2. The zero-order valence-electron chi connectivity index (χ0n) is 15.7. The van der Waals surface area contributed by atoms with Crippen molar-refractivity contribution in [3.05, 3.63) is 51.8 Å². The highest BCUT2D eigenvalue weighted by molar-refractivity contribution is 5.95. The summed E-state index contributed by atoms with van der Waals surface area (Å²) in [6.45, 7) is 2.54. The summed E-state index contributed by atoms with van der Waals surface area (Å²) in [5.74, 6) is -1.88. The molecule has 3 rings (SSSR count). The van der Waals surface area contributed by atoms with Crippen molar-refractivity contribution in [3.63, 3.8) is 0 Å². The SMILES string of the molecule is Cc1ccc(C(=O)NNc2ncnc(N3CCC(C(=O)O)CC3)c2[N+](=O)[O-])cc1. The standard InChI is InChI=1S/C18H20N6O5/c1-11-2-4-12(5-3-11)17(25)22-21-15-14(24(28)29)16(20-10-19-15)23-8-6-13(7-9-23)18(26)27/h2-5,10,13H,6-9H2,1H3,(H,22,25)(H,26,27)(H,19,20,21). The van der Waals surface area contributed by atoms with Gasteiger partial charge in [-0.3, -0.25) is 30.6 Å². The number of anilines is 2. The third-order valence-electron chi connectivity index (χ3n) is 4.74. The first-order chi connectivity index (χ1) is 13.9. The molecule has 152 valence electrons. The van der Waals surface area contributed by atoms with E-state index in [1.807, 2.05) is 6.92 Å². The normalized spacial score (nSPS) is 14.3. The number of nitrogens with one attached hydrogen (secondary N) is 2. The Morgan fingerprint density at radius 3 is 2.45 bits per heavy atom. The molecule has 1 saturated heterocycles. The first-order valence-electron chi connectivity index (χ1n) is 8.97. The largest absolute Gasteiger partial charge is 0.481 e. The van der Waals surface area contributed by atoms with E-state index in [1.54, 1.807) is 29.2 Å². The summed E-state index contributed by atoms with van der Waals surface area (Å²) in [6, 6.07) is 6.83. The van der Waals surface area contributed by atoms with E-state index in [-0.39, 0.29) is 17.3 Å². The van der Waals surface area contributed by atoms with Crippen molar-refractivity contribution in [1.29, 1.82) is 0 Å². The van der Waals surface area contributed by atoms with Crippen LogP contribution in [0.2, 0.25) is 0 Å². The zero-order valence-corrected chi connectivity index (χ0v) is 15.7. The Hall–Kier alpha value is -3.76. The van der Waals surface area contributed by atoms with Crippen LogP contribution in [-0.2, 0) is 4.79 Å². The smallest absolute Gasteiger partial charge is 0.355 e. The first kappa shape index (κ1) is 20.0. The molecular formula is C18H20N6O5. The van der Waals surface area contributed by atoms with Gasteiger partial charge in [0.05, 0.1) is 10.8 Å². The van der Waals surface area contributed by atoms with Crippen LogP contribution in [0, 0.1) is 23.0 Å². The van der Waals surface area contributed by atoms with Gasteiger partial charge < -0.3 is 10.0 Å². The first-order valence-corrected chi connectivity index (χ1v) is 8.97. The number of amides is 1. The van der Waals surface area contributed by atoms with E-state index in [0.29, 0.717) is 31.5 Å². The predicted molar refractivity (Wildman–Crippen MR) is 104 cm³/mol. The summed E-state index contributed by atoms with van der Waals surface area (Å²) in [4.78, 5) is 43.9. The molecule has 0 aliphatic carbocycles. The quantitative estimate of drug-likeness (QED) is 0.486. The Labute approximate surface area is 165 Å². The Balaban J connectivity index is 1.77. The molecule has 11 heteroatoms. The number of carboxylic acid groups (broad SMARTS) is 1. The van der Waals surface area contributed by atoms with E-state index in [1.165, 1.54) is 0 Å². The van der Waals surface area contributed by atoms with Crippen LogP contribution in [0.1, 0.15) is 28.8 Å². The van der Waals surface area contributed by atoms with Gasteiger partial charge in [-0.25, -0.2) is 9.97 Å². The van der Waals surface area contributed by atoms with Crippen LogP contribution in [0.25, 0.3) is 0 Å². The number of carbonyl (C=O) groups excluding carboxylic acids is 1. The van der Waals surface area contributed by atoms with Gasteiger partial charge in [-0.1, -0.05) is 17.7 Å². The fourth-order valence-corrected chi connectivity index (χ4v) is 3.09. The topological polar surface area (TPSA) is 151 Å². The van der Waals surface area contributed by atoms with Crippen LogP contribution < -0.4 is 15.8 Å². The average molecular weight is 400 g/mol. The third kappa shape index (κ3) is 4.57. The van der Waals surface area contributed by atoms with Gasteiger partial charge >= 0.3 is 11.7 Å². The number of carboxylic acids is 1. The number of rotatable bonds is 6. The molecule has 1 aliphatic rings. The number of hydrogen-bond acceptors (Lipinski definition) is 8. The Morgan fingerprint density at radius 1 is 1.21 bits per heavy atom. The van der Waals surface area contributed by atoms with Crippen molar-refractivity contribution in [1.82, 2.24) is 15.4 Å². The molecule has 0 unspecified atom stereocenters. The summed E-state index contributed by atoms with van der Waals surface area (Å²) >= 11 is 0. The summed E-state index contributed by atoms with van der Waals surface area (Å²) in [5, 5.41) is 20.8. The molecule has 2 heterocycles. The lowest BCUT2D eigenvalue weighted by atomic mass is 9.97. The second-order valence-electron chi connectivity index (χ2n) is 6.70. The second kappa shape index (κ2) is 8.50. The number of hydrogen-bond donors (Lipinski definition) is 3. The molecule has 1 amide bonds. The van der Waals surface area contributed by atoms with Gasteiger partial charge in [0.2, 0.25) is 11.6 Å². The lowest BCUT2D eigenvalue weighted by Crippen LogP contribution is -2.37. The molecule has 1 aromatic heterocycles. The van der Waals surface area contributed by atoms with Crippen molar-refractivity contribution in [2.24, 2.45) is 5.92 Å². The Morgan fingerprint density at radius 2 is 1.86 bits per heavy atom. The summed E-state index contributed by atoms with van der Waals surface area (Å²) in [6.07, 6.45) is 1.89. The minimum atomic E-state index is -0.872. The number of hydrazine groups is 1. The molecule has 1 aliphatic heterocycles. The lowest BCUT2D eigenvalue weighted by Gasteiger charge is -2.30. The van der Waals surface area contributed by atoms with Crippen LogP contribution in [-0.4, -0.2) is 45.0 Å². The van der Waals surface area contributed by atoms with Gasteiger partial charge in [-0.15, -0.1) is 0 Å². The predicted octanol–water partition coefficient (Wildman–Crippen LogP) is 1.75. The number of aliphatic carboxylic acids is 1. The second-order valence-corrected chi connectivity index (χ2v) is 6.70. The van der Waals surface area contributed by atoms with E-state index in [0.717, 1.165) is 11.9 Å². The Kier molecular flexibility index (Phi) is 5.86. The van der Waals surface area contributed by atoms with E-state index >= 15 is 0 Å². The van der Waals surface area contributed by atoms with Gasteiger partial charge in [0.1, 0.15) is 6.33 Å². The highest BCUT2D eigenvalue weighted by Gasteiger charge is 2.31. The van der Waals surface area contributed by atoms with Crippen molar-refractivity contribution in [2.75, 3.05) is 23.4 Å². The summed E-state index contributed by atoms with van der Waals surface area (Å²) < 4.78 is 0. The monoisotopic (exact) mass is 400 g/mol. The number of piperidine rings is 1. The maximum Gasteiger partial charge on any atom is 0.355 e. The van der Waals surface area contributed by atoms with Crippen LogP contribution in [0.5, 0.6) is 0 Å². The van der Waals surface area contributed by atoms with E-state index in [9.17, 15) is 19.7 Å². The molecule has 11 nitrogen and oxygen atoms in total. The maximum atomic E-state index is 12.2. The van der Waals surface area contributed by atoms with Crippen molar-refractivity contribution in [2.45, 2.75) is 19.8 Å². The molecule has 0 bridgehead atoms. The van der Waals surface area contributed by atoms with Crippen molar-refractivity contribution < 1.29 is 19.6 Å². The van der Waals surface area contributed by atoms with Gasteiger partial charge in [0.25, 0.3) is 5.91 Å². The number of aromatic nitrogens is 2. The van der Waals surface area contributed by atoms with Crippen LogP contribution in [0.15, 0.2) is 30.6 Å². The van der Waals surface area contributed by atoms with Crippen LogP contribution >= 0.6 is 0 Å². The molecule has 29 heavy (non-hydrogen) atoms. The van der Waals surface area contributed by atoms with Gasteiger partial charge in [0.15, 0.2) is 0 Å². The Bertz CT molecular complexity index is 925. The van der Waals surface area contributed by atoms with Crippen molar-refractivity contribution in [3.8, 4) is 0 Å². The van der Waals surface area contributed by atoms with Crippen LogP contribution in [0.4, 0.5) is 17.3 Å². The number of nitro groups is 1. The van der Waals surface area contributed by atoms with Crippen molar-refractivity contribution >= 4 is 29.2 Å². The van der Waals surface area contributed by atoms with E-state index in [2.05, 4.69) is 20.8 Å². The fraction of sp³-hybridized carbons (Fsp3) is 0.333. The van der Waals surface area contributed by atoms with E-state index < -0.39 is 22.7 Å². The third-order valence-corrected chi connectivity index (χ3v) is 4.74. The number of benzene rings is 1. The number of nitrogens with zero attached hydrogens (tertiary/aromatic N) is 4. The lowest BCUT2D eigenvalue weighted by molar-refractivity contribution is -0.383. The minimum Gasteiger partial charge on any atom is -0.481 e. The molecule has 0 radical (unpaired) electrons. The number of aryl methyl sites for hydroxylation is 1. The highest BCUT2D eigenvalue weighted by atomic mass is 16.6. The molecule has 3 N–H and O–H groups in total. The molecule has 2 aromatic rings. The average Bonchev–Trinajstić information content (AvgIpc) is 2.72. The summed E-state index contributed by atoms with van der Waals surface area (Å²) in [5.41, 5.74) is 5.90. The van der Waals surface area contributed by atoms with Gasteiger partial charge in [-0.05, 0) is 31.9 Å². The molecule has 1 aromatic carbocycles. The molecule has 0 atom stereocenters. The number of carbonyl (C=O) groups is 2. The molecule has 1 fully saturated rings. The molecule has 0 spiro atoms. The minimum absolute atomic E-state index is 0.0842. The zero-order chi connectivity index (χ0) is 21.0. The molecular weight excluding hydrogens is 380 g/mol. The highest BCUT2D eigenvalue weighted by Crippen LogP contribution is 2.33. The van der Waals surface area contributed by atoms with Gasteiger partial charge in [-0.2, -0.15) is 0 Å². The summed E-state index contributed by atoms with van der Waals surface area (Å²) in [7, 11) is 0.